The van der Waals surface area contributed by atoms with Crippen molar-refractivity contribution < 1.29 is 17.9 Å². The van der Waals surface area contributed by atoms with Gasteiger partial charge in [-0.1, -0.05) is 18.0 Å². The van der Waals surface area contributed by atoms with Crippen LogP contribution in [0.2, 0.25) is 5.15 Å². The first-order valence-corrected chi connectivity index (χ1v) is 10.4. The molecule has 8 heteroatoms. The van der Waals surface area contributed by atoms with Gasteiger partial charge in [-0.3, -0.25) is 4.72 Å². The van der Waals surface area contributed by atoms with E-state index in [1.165, 1.54) is 18.7 Å². The van der Waals surface area contributed by atoms with Gasteiger partial charge in [-0.25, -0.2) is 13.4 Å². The number of ether oxygens (including phenoxy) is 2. The molecular formula is C18H19ClN2O4S. The summed E-state index contributed by atoms with van der Waals surface area (Å²) in [5.41, 5.74) is 1.01. The monoisotopic (exact) mass is 394 g/mol. The van der Waals surface area contributed by atoms with Gasteiger partial charge in [0.2, 0.25) is 0 Å². The van der Waals surface area contributed by atoms with Crippen LogP contribution in [0.1, 0.15) is 37.7 Å². The highest BCUT2D eigenvalue weighted by molar-refractivity contribution is 7.92. The second kappa shape index (κ2) is 6.32. The lowest BCUT2D eigenvalue weighted by Gasteiger charge is -2.31. The first kappa shape index (κ1) is 17.4. The third-order valence-corrected chi connectivity index (χ3v) is 6.45. The standard InChI is InChI=1S/C18H19ClN2O4S/c1-12-9-14(11-20-17(12)19)26(22,23)21-13-5-6-15-16(10-13)25-18(24-15)7-3-2-4-8-18/h5-6,9-11,21H,2-4,7-8H2,1H3. The van der Waals surface area contributed by atoms with Gasteiger partial charge in [-0.15, -0.1) is 0 Å². The number of nitrogens with one attached hydrogen (secondary N) is 1. The lowest BCUT2D eigenvalue weighted by molar-refractivity contribution is -0.105. The molecule has 0 atom stereocenters. The van der Waals surface area contributed by atoms with Crippen LogP contribution in [0.4, 0.5) is 5.69 Å². The molecule has 26 heavy (non-hydrogen) atoms. The number of hydrogen-bond donors (Lipinski definition) is 1. The zero-order chi connectivity index (χ0) is 18.4. The maximum atomic E-state index is 12.6. The Bertz CT molecular complexity index is 956. The number of hydrogen-bond acceptors (Lipinski definition) is 5. The summed E-state index contributed by atoms with van der Waals surface area (Å²) in [5, 5.41) is 0.282. The highest BCUT2D eigenvalue weighted by atomic mass is 35.5. The highest BCUT2D eigenvalue weighted by Crippen LogP contribution is 2.46. The van der Waals surface area contributed by atoms with Crippen molar-refractivity contribution in [3.63, 3.8) is 0 Å². The molecule has 1 N–H and O–H groups in total. The predicted molar refractivity (Wildman–Crippen MR) is 98.3 cm³/mol. The normalized spacial score (nSPS) is 18.1. The largest absolute Gasteiger partial charge is 0.448 e. The second-order valence-electron chi connectivity index (χ2n) is 6.72. The van der Waals surface area contributed by atoms with Gasteiger partial charge in [0.05, 0.1) is 5.69 Å². The van der Waals surface area contributed by atoms with Crippen molar-refractivity contribution in [2.24, 2.45) is 0 Å². The summed E-state index contributed by atoms with van der Waals surface area (Å²) in [6, 6.07) is 6.55. The molecule has 0 amide bonds. The summed E-state index contributed by atoms with van der Waals surface area (Å²) in [7, 11) is -3.77. The SMILES string of the molecule is Cc1cc(S(=O)(=O)Nc2ccc3c(c2)OC2(CCCCC2)O3)cnc1Cl. The van der Waals surface area contributed by atoms with Gasteiger partial charge in [0, 0.05) is 25.1 Å². The Morgan fingerprint density at radius 1 is 1.12 bits per heavy atom. The van der Waals surface area contributed by atoms with Crippen molar-refractivity contribution in [3.05, 3.63) is 41.2 Å². The summed E-state index contributed by atoms with van der Waals surface area (Å²) in [6.07, 6.45) is 6.25. The van der Waals surface area contributed by atoms with Gasteiger partial charge in [0.25, 0.3) is 15.8 Å². The van der Waals surface area contributed by atoms with Crippen LogP contribution < -0.4 is 14.2 Å². The van der Waals surface area contributed by atoms with E-state index in [1.54, 1.807) is 25.1 Å². The van der Waals surface area contributed by atoms with E-state index in [9.17, 15) is 8.42 Å². The van der Waals surface area contributed by atoms with Crippen molar-refractivity contribution in [1.82, 2.24) is 4.98 Å². The van der Waals surface area contributed by atoms with E-state index in [2.05, 4.69) is 9.71 Å². The molecule has 2 aromatic rings. The highest BCUT2D eigenvalue weighted by Gasteiger charge is 2.42. The third kappa shape index (κ3) is 3.21. The van der Waals surface area contributed by atoms with Gasteiger partial charge >= 0.3 is 0 Å². The van der Waals surface area contributed by atoms with Crippen molar-refractivity contribution >= 4 is 27.3 Å². The van der Waals surface area contributed by atoms with Crippen LogP contribution in [0, 0.1) is 6.92 Å². The predicted octanol–water partition coefficient (Wildman–Crippen LogP) is 4.28. The van der Waals surface area contributed by atoms with Crippen LogP contribution in [0.5, 0.6) is 11.5 Å². The Labute approximate surface area is 157 Å². The van der Waals surface area contributed by atoms with Crippen LogP contribution in [-0.4, -0.2) is 19.2 Å². The molecule has 1 aliphatic heterocycles. The number of pyridine rings is 1. The molecule has 4 rings (SSSR count). The Morgan fingerprint density at radius 3 is 2.58 bits per heavy atom. The van der Waals surface area contributed by atoms with E-state index < -0.39 is 15.8 Å². The molecule has 1 aromatic carbocycles. The molecule has 1 spiro atoms. The summed E-state index contributed by atoms with van der Waals surface area (Å²) < 4.78 is 39.8. The molecule has 6 nitrogen and oxygen atoms in total. The summed E-state index contributed by atoms with van der Waals surface area (Å²) in [4.78, 5) is 3.96. The van der Waals surface area contributed by atoms with Gasteiger partial charge in [0.1, 0.15) is 10.0 Å². The van der Waals surface area contributed by atoms with Gasteiger partial charge in [-0.2, -0.15) is 0 Å². The van der Waals surface area contributed by atoms with Crippen molar-refractivity contribution in [1.29, 1.82) is 0 Å². The third-order valence-electron chi connectivity index (χ3n) is 4.70. The van der Waals surface area contributed by atoms with E-state index in [0.29, 0.717) is 22.7 Å². The van der Waals surface area contributed by atoms with Gasteiger partial charge in [-0.05, 0) is 43.5 Å². The average molecular weight is 395 g/mol. The summed E-state index contributed by atoms with van der Waals surface area (Å²) >= 11 is 5.87. The number of anilines is 1. The fourth-order valence-corrected chi connectivity index (χ4v) is 4.53. The Balaban J connectivity index is 1.57. The molecule has 0 saturated heterocycles. The number of rotatable bonds is 3. The smallest absolute Gasteiger partial charge is 0.263 e. The maximum Gasteiger partial charge on any atom is 0.263 e. The van der Waals surface area contributed by atoms with Gasteiger partial charge < -0.3 is 9.47 Å². The molecule has 138 valence electrons. The maximum absolute atomic E-state index is 12.6. The summed E-state index contributed by atoms with van der Waals surface area (Å²) in [5.74, 6) is 0.631. The number of aromatic nitrogens is 1. The molecule has 1 aromatic heterocycles. The molecule has 1 aliphatic carbocycles. The molecule has 2 heterocycles. The fraction of sp³-hybridized carbons (Fsp3) is 0.389. The summed E-state index contributed by atoms with van der Waals surface area (Å²) in [6.45, 7) is 1.71. The number of nitrogens with zero attached hydrogens (tertiary/aromatic N) is 1. The molecule has 0 radical (unpaired) electrons. The Hall–Kier alpha value is -1.99. The molecule has 1 saturated carbocycles. The van der Waals surface area contributed by atoms with E-state index in [-0.39, 0.29) is 10.0 Å². The Morgan fingerprint density at radius 2 is 1.85 bits per heavy atom. The number of aryl methyl sites for hydroxylation is 1. The number of fused-ring (bicyclic) bond motifs is 1. The van der Waals surface area contributed by atoms with E-state index >= 15 is 0 Å². The van der Waals surface area contributed by atoms with E-state index in [0.717, 1.165) is 25.7 Å². The van der Waals surface area contributed by atoms with E-state index in [4.69, 9.17) is 21.1 Å². The minimum Gasteiger partial charge on any atom is -0.448 e. The zero-order valence-electron chi connectivity index (χ0n) is 14.3. The van der Waals surface area contributed by atoms with Crippen molar-refractivity contribution in [2.45, 2.75) is 49.7 Å². The van der Waals surface area contributed by atoms with Gasteiger partial charge in [0.15, 0.2) is 11.5 Å². The lowest BCUT2D eigenvalue weighted by Crippen LogP contribution is -2.40. The molecule has 1 fully saturated rings. The van der Waals surface area contributed by atoms with Crippen LogP contribution in [0.3, 0.4) is 0 Å². The minimum atomic E-state index is -3.77. The topological polar surface area (TPSA) is 77.5 Å². The van der Waals surface area contributed by atoms with Crippen LogP contribution >= 0.6 is 11.6 Å². The number of benzene rings is 1. The average Bonchev–Trinajstić information content (AvgIpc) is 2.94. The molecule has 0 bridgehead atoms. The van der Waals surface area contributed by atoms with E-state index in [1.807, 2.05) is 0 Å². The molecule has 0 unspecified atom stereocenters. The number of halogens is 1. The van der Waals surface area contributed by atoms with Crippen LogP contribution in [-0.2, 0) is 10.0 Å². The number of sulfonamides is 1. The van der Waals surface area contributed by atoms with Crippen molar-refractivity contribution in [2.75, 3.05) is 4.72 Å². The molecular weight excluding hydrogens is 376 g/mol. The quantitative estimate of drug-likeness (QED) is 0.786. The molecule has 2 aliphatic rings. The first-order valence-electron chi connectivity index (χ1n) is 8.54. The first-order chi connectivity index (χ1) is 12.4. The Kier molecular flexibility index (Phi) is 4.23. The fourth-order valence-electron chi connectivity index (χ4n) is 3.35. The van der Waals surface area contributed by atoms with Crippen molar-refractivity contribution in [3.8, 4) is 11.5 Å². The second-order valence-corrected chi connectivity index (χ2v) is 8.76. The van der Waals surface area contributed by atoms with Crippen LogP contribution in [0.25, 0.3) is 0 Å². The van der Waals surface area contributed by atoms with Crippen LogP contribution in [0.15, 0.2) is 35.4 Å². The minimum absolute atomic E-state index is 0.0563. The zero-order valence-corrected chi connectivity index (χ0v) is 15.9. The lowest BCUT2D eigenvalue weighted by atomic mass is 9.94.